The summed E-state index contributed by atoms with van der Waals surface area (Å²) in [5.74, 6) is 0.491. The van der Waals surface area contributed by atoms with Gasteiger partial charge in [0.25, 0.3) is 0 Å². The zero-order chi connectivity index (χ0) is 11.2. The summed E-state index contributed by atoms with van der Waals surface area (Å²) in [5.41, 5.74) is 0. The Kier molecular flexibility index (Phi) is 4.50. The van der Waals surface area contributed by atoms with Crippen LogP contribution in [0.5, 0.6) is 5.88 Å². The Bertz CT molecular complexity index is 288. The van der Waals surface area contributed by atoms with Gasteiger partial charge >= 0.3 is 0 Å². The van der Waals surface area contributed by atoms with Crippen molar-refractivity contribution in [3.05, 3.63) is 6.20 Å². The minimum atomic E-state index is -0.484. The van der Waals surface area contributed by atoms with Gasteiger partial charge in [0.1, 0.15) is 18.9 Å². The van der Waals surface area contributed by atoms with E-state index in [4.69, 9.17) is 4.74 Å². The zero-order valence-corrected chi connectivity index (χ0v) is 9.95. The monoisotopic (exact) mass is 243 g/mol. The van der Waals surface area contributed by atoms with Crippen LogP contribution in [0.2, 0.25) is 0 Å². The van der Waals surface area contributed by atoms with Crippen LogP contribution in [0.1, 0.15) is 25.7 Å². The fourth-order valence-electron chi connectivity index (χ4n) is 1.89. The van der Waals surface area contributed by atoms with Gasteiger partial charge in [-0.05, 0) is 12.8 Å². The van der Waals surface area contributed by atoms with Gasteiger partial charge < -0.3 is 15.2 Å². The molecule has 0 spiro atoms. The molecule has 16 heavy (non-hydrogen) atoms. The third-order valence-corrected chi connectivity index (χ3v) is 3.22. The van der Waals surface area contributed by atoms with Crippen molar-refractivity contribution >= 4 is 11.7 Å². The second-order valence-electron chi connectivity index (χ2n) is 4.10. The molecule has 1 fully saturated rings. The second kappa shape index (κ2) is 6.12. The zero-order valence-electron chi connectivity index (χ0n) is 9.13. The van der Waals surface area contributed by atoms with E-state index in [-0.39, 0.29) is 6.61 Å². The Morgan fingerprint density at radius 1 is 1.56 bits per heavy atom. The van der Waals surface area contributed by atoms with Crippen molar-refractivity contribution in [2.45, 2.75) is 37.8 Å². The first-order valence-electron chi connectivity index (χ1n) is 5.66. The first-order chi connectivity index (χ1) is 7.84. The molecular weight excluding hydrogens is 226 g/mol. The van der Waals surface area contributed by atoms with Gasteiger partial charge in [0.15, 0.2) is 0 Å². The lowest BCUT2D eigenvalue weighted by Crippen LogP contribution is -2.36. The molecule has 1 heterocycles. The summed E-state index contributed by atoms with van der Waals surface area (Å²) < 4.78 is 13.0. The van der Waals surface area contributed by atoms with E-state index >= 15 is 0 Å². The first kappa shape index (κ1) is 11.8. The maximum atomic E-state index is 9.68. The number of aliphatic hydroxyl groups is 1. The summed E-state index contributed by atoms with van der Waals surface area (Å²) >= 11 is 1.10. The molecule has 90 valence electrons. The van der Waals surface area contributed by atoms with Crippen LogP contribution in [-0.4, -0.2) is 39.2 Å². The molecule has 5 nitrogen and oxygen atoms in total. The molecular formula is C10H17N3O2S. The Morgan fingerprint density at radius 3 is 3.06 bits per heavy atom. The Labute approximate surface area is 99.2 Å². The number of aliphatic hydroxyl groups excluding tert-OH is 1. The van der Waals surface area contributed by atoms with Crippen LogP contribution in [0.25, 0.3) is 0 Å². The van der Waals surface area contributed by atoms with Gasteiger partial charge in [-0.1, -0.05) is 12.8 Å². The van der Waals surface area contributed by atoms with E-state index in [1.54, 1.807) is 6.20 Å². The van der Waals surface area contributed by atoms with Gasteiger partial charge in [0.2, 0.25) is 5.88 Å². The summed E-state index contributed by atoms with van der Waals surface area (Å²) in [5, 5.41) is 13.0. The lowest BCUT2D eigenvalue weighted by atomic mass is 10.2. The summed E-state index contributed by atoms with van der Waals surface area (Å²) in [6.07, 6.45) is 6.13. The number of rotatable bonds is 6. The van der Waals surface area contributed by atoms with Crippen LogP contribution in [0, 0.1) is 0 Å². The topological polar surface area (TPSA) is 67.3 Å². The van der Waals surface area contributed by atoms with E-state index < -0.39 is 6.10 Å². The third kappa shape index (κ3) is 3.70. The normalized spacial score (nSPS) is 18.8. The summed E-state index contributed by atoms with van der Waals surface area (Å²) in [6.45, 7) is 0.855. The molecule has 2 rings (SSSR count). The van der Waals surface area contributed by atoms with Crippen LogP contribution in [0.4, 0.5) is 0 Å². The molecule has 1 aliphatic rings. The largest absolute Gasteiger partial charge is 0.473 e. The fourth-order valence-corrected chi connectivity index (χ4v) is 2.26. The molecule has 0 bridgehead atoms. The molecule has 0 radical (unpaired) electrons. The highest BCUT2D eigenvalue weighted by Crippen LogP contribution is 2.17. The maximum Gasteiger partial charge on any atom is 0.245 e. The van der Waals surface area contributed by atoms with Crippen molar-refractivity contribution in [1.82, 2.24) is 14.1 Å². The average Bonchev–Trinajstić information content (AvgIpc) is 2.96. The van der Waals surface area contributed by atoms with Gasteiger partial charge in [-0.3, -0.25) is 0 Å². The minimum Gasteiger partial charge on any atom is -0.473 e. The van der Waals surface area contributed by atoms with Crippen LogP contribution >= 0.6 is 11.7 Å². The molecule has 0 amide bonds. The van der Waals surface area contributed by atoms with Crippen LogP contribution in [0.3, 0.4) is 0 Å². The highest BCUT2D eigenvalue weighted by atomic mass is 32.1. The number of hydrogen-bond acceptors (Lipinski definition) is 6. The van der Waals surface area contributed by atoms with Crippen LogP contribution in [0.15, 0.2) is 6.20 Å². The predicted molar refractivity (Wildman–Crippen MR) is 61.7 cm³/mol. The van der Waals surface area contributed by atoms with Gasteiger partial charge in [0, 0.05) is 12.6 Å². The number of nitrogens with one attached hydrogen (secondary N) is 1. The molecule has 1 atom stereocenters. The maximum absolute atomic E-state index is 9.68. The van der Waals surface area contributed by atoms with E-state index in [1.807, 2.05) is 0 Å². The highest BCUT2D eigenvalue weighted by molar-refractivity contribution is 6.99. The Hall–Kier alpha value is -0.720. The smallest absolute Gasteiger partial charge is 0.245 e. The quantitative estimate of drug-likeness (QED) is 0.774. The summed E-state index contributed by atoms with van der Waals surface area (Å²) in [7, 11) is 0. The lowest BCUT2D eigenvalue weighted by Gasteiger charge is -2.15. The van der Waals surface area contributed by atoms with E-state index in [0.29, 0.717) is 18.5 Å². The van der Waals surface area contributed by atoms with E-state index in [2.05, 4.69) is 14.1 Å². The molecule has 1 unspecified atom stereocenters. The minimum absolute atomic E-state index is 0.269. The molecule has 1 aromatic heterocycles. The number of ether oxygens (including phenoxy) is 1. The van der Waals surface area contributed by atoms with Crippen molar-refractivity contribution in [1.29, 1.82) is 0 Å². The molecule has 0 aromatic carbocycles. The molecule has 1 aromatic rings. The average molecular weight is 243 g/mol. The van der Waals surface area contributed by atoms with Crippen LogP contribution in [-0.2, 0) is 0 Å². The van der Waals surface area contributed by atoms with E-state index in [9.17, 15) is 5.11 Å². The molecule has 0 aliphatic heterocycles. The predicted octanol–water partition coefficient (Wildman–Crippen LogP) is 0.810. The van der Waals surface area contributed by atoms with E-state index in [1.165, 1.54) is 25.7 Å². The number of aromatic nitrogens is 2. The van der Waals surface area contributed by atoms with Crippen molar-refractivity contribution < 1.29 is 9.84 Å². The Morgan fingerprint density at radius 2 is 2.38 bits per heavy atom. The molecule has 2 N–H and O–H groups in total. The number of nitrogens with zero attached hydrogens (tertiary/aromatic N) is 2. The third-order valence-electron chi connectivity index (χ3n) is 2.76. The summed E-state index contributed by atoms with van der Waals surface area (Å²) in [4.78, 5) is 0. The van der Waals surface area contributed by atoms with Gasteiger partial charge in [-0.25, -0.2) is 0 Å². The molecule has 1 saturated carbocycles. The van der Waals surface area contributed by atoms with Gasteiger partial charge in [0.05, 0.1) is 11.7 Å². The summed E-state index contributed by atoms with van der Waals surface area (Å²) in [6, 6.07) is 0.579. The molecule has 0 saturated heterocycles. The molecule has 1 aliphatic carbocycles. The van der Waals surface area contributed by atoms with Gasteiger partial charge in [-0.15, -0.1) is 4.37 Å². The lowest BCUT2D eigenvalue weighted by molar-refractivity contribution is 0.102. The highest BCUT2D eigenvalue weighted by Gasteiger charge is 2.15. The van der Waals surface area contributed by atoms with Crippen molar-refractivity contribution in [3.63, 3.8) is 0 Å². The second-order valence-corrected chi connectivity index (χ2v) is 4.66. The van der Waals surface area contributed by atoms with Crippen LogP contribution < -0.4 is 10.1 Å². The Balaban J connectivity index is 1.58. The van der Waals surface area contributed by atoms with Crippen molar-refractivity contribution in [3.8, 4) is 5.88 Å². The number of hydrogen-bond donors (Lipinski definition) is 2. The van der Waals surface area contributed by atoms with Crippen molar-refractivity contribution in [2.24, 2.45) is 0 Å². The van der Waals surface area contributed by atoms with Gasteiger partial charge in [-0.2, -0.15) is 4.37 Å². The SMILES string of the molecule is OC(CNC1CCCC1)COc1cnsn1. The van der Waals surface area contributed by atoms with E-state index in [0.717, 1.165) is 11.7 Å². The van der Waals surface area contributed by atoms with Crippen molar-refractivity contribution in [2.75, 3.05) is 13.2 Å². The fraction of sp³-hybridized carbons (Fsp3) is 0.800. The first-order valence-corrected chi connectivity index (χ1v) is 6.39. The standard InChI is InChI=1S/C10H17N3O2S/c14-9(5-11-8-3-1-2-4-8)7-15-10-6-12-16-13-10/h6,8-9,11,14H,1-5,7H2. The molecule has 6 heteroatoms.